The maximum atomic E-state index is 13.1. The molecule has 1 atom stereocenters. The molecule has 2 aromatic carbocycles. The van der Waals surface area contributed by atoms with Gasteiger partial charge in [0.25, 0.3) is 0 Å². The molecule has 0 spiro atoms. The lowest BCUT2D eigenvalue weighted by molar-refractivity contribution is -0.120. The molecule has 0 bridgehead atoms. The zero-order valence-electron chi connectivity index (χ0n) is 16.6. The van der Waals surface area contributed by atoms with E-state index in [1.165, 1.54) is 12.1 Å². The number of halogens is 2. The Morgan fingerprint density at radius 1 is 1.16 bits per heavy atom. The number of nitriles is 1. The number of nitrogens with one attached hydrogen (secondary N) is 1. The van der Waals surface area contributed by atoms with E-state index >= 15 is 0 Å². The highest BCUT2D eigenvalue weighted by molar-refractivity contribution is 6.31. The molecule has 0 saturated carbocycles. The van der Waals surface area contributed by atoms with E-state index in [1.54, 1.807) is 30.3 Å². The van der Waals surface area contributed by atoms with Crippen LogP contribution < -0.4 is 10.2 Å². The second kappa shape index (κ2) is 9.11. The maximum absolute atomic E-state index is 13.1. The van der Waals surface area contributed by atoms with E-state index in [9.17, 15) is 14.4 Å². The van der Waals surface area contributed by atoms with Crippen LogP contribution in [0.1, 0.15) is 18.4 Å². The second-order valence-corrected chi connectivity index (χ2v) is 7.80. The molecule has 4 rings (SSSR count). The molecule has 156 valence electrons. The minimum atomic E-state index is -0.300. The Morgan fingerprint density at radius 2 is 1.97 bits per heavy atom. The number of benzene rings is 2. The van der Waals surface area contributed by atoms with Crippen molar-refractivity contribution >= 4 is 29.0 Å². The number of carbonyl (C=O) groups is 1. The lowest BCUT2D eigenvalue weighted by Gasteiger charge is -2.32. The number of piperidine rings is 1. The number of hydrogen-bond donors (Lipinski definition) is 1. The first-order valence-electron chi connectivity index (χ1n) is 9.88. The molecular weight excluding hydrogens is 417 g/mol. The topological polar surface area (TPSA) is 81.9 Å². The second-order valence-electron chi connectivity index (χ2n) is 7.36. The SMILES string of the molecule is N#Cc1ccc(Cl)cc1NC(=O)C1CCCN(c2ccc(-c3ccc(F)cc3)nn2)C1. The first-order valence-corrected chi connectivity index (χ1v) is 10.3. The van der Waals surface area contributed by atoms with Gasteiger partial charge in [0.15, 0.2) is 5.82 Å². The van der Waals surface area contributed by atoms with Gasteiger partial charge >= 0.3 is 0 Å². The van der Waals surface area contributed by atoms with Gasteiger partial charge in [-0.25, -0.2) is 4.39 Å². The van der Waals surface area contributed by atoms with E-state index in [1.807, 2.05) is 17.0 Å². The van der Waals surface area contributed by atoms with Gasteiger partial charge in [0.2, 0.25) is 5.91 Å². The third kappa shape index (κ3) is 4.81. The van der Waals surface area contributed by atoms with Crippen molar-refractivity contribution in [2.24, 2.45) is 5.92 Å². The Labute approximate surface area is 184 Å². The van der Waals surface area contributed by atoms with E-state index in [0.717, 1.165) is 24.9 Å². The molecule has 1 saturated heterocycles. The van der Waals surface area contributed by atoms with Crippen LogP contribution in [0.25, 0.3) is 11.3 Å². The summed E-state index contributed by atoms with van der Waals surface area (Å²) in [6.07, 6.45) is 1.58. The van der Waals surface area contributed by atoms with Crippen molar-refractivity contribution in [1.29, 1.82) is 5.26 Å². The van der Waals surface area contributed by atoms with Crippen LogP contribution in [0.15, 0.2) is 54.6 Å². The molecular formula is C23H19ClFN5O. The number of rotatable bonds is 4. The Bertz CT molecular complexity index is 1130. The van der Waals surface area contributed by atoms with E-state index in [4.69, 9.17) is 11.6 Å². The summed E-state index contributed by atoms with van der Waals surface area (Å²) in [5.41, 5.74) is 2.22. The highest BCUT2D eigenvalue weighted by Gasteiger charge is 2.27. The zero-order chi connectivity index (χ0) is 21.8. The van der Waals surface area contributed by atoms with Gasteiger partial charge in [-0.3, -0.25) is 4.79 Å². The summed E-state index contributed by atoms with van der Waals surface area (Å²) in [7, 11) is 0. The van der Waals surface area contributed by atoms with Crippen molar-refractivity contribution in [3.8, 4) is 17.3 Å². The predicted octanol–water partition coefficient (Wildman–Crippen LogP) is 4.66. The van der Waals surface area contributed by atoms with Crippen molar-refractivity contribution in [3.05, 3.63) is 71.0 Å². The lowest BCUT2D eigenvalue weighted by atomic mass is 9.96. The molecule has 31 heavy (non-hydrogen) atoms. The van der Waals surface area contributed by atoms with E-state index in [-0.39, 0.29) is 17.6 Å². The van der Waals surface area contributed by atoms with Gasteiger partial charge in [0.05, 0.1) is 22.9 Å². The number of anilines is 2. The molecule has 0 radical (unpaired) electrons. The van der Waals surface area contributed by atoms with Crippen LogP contribution in [0.2, 0.25) is 5.02 Å². The van der Waals surface area contributed by atoms with Crippen molar-refractivity contribution in [3.63, 3.8) is 0 Å². The monoisotopic (exact) mass is 435 g/mol. The van der Waals surface area contributed by atoms with Gasteiger partial charge in [0, 0.05) is 23.7 Å². The summed E-state index contributed by atoms with van der Waals surface area (Å²) in [6, 6.07) is 16.6. The molecule has 2 heterocycles. The van der Waals surface area contributed by atoms with Crippen molar-refractivity contribution < 1.29 is 9.18 Å². The third-order valence-electron chi connectivity index (χ3n) is 5.27. The first kappa shape index (κ1) is 20.8. The molecule has 1 fully saturated rings. The minimum absolute atomic E-state index is 0.153. The number of aromatic nitrogens is 2. The van der Waals surface area contributed by atoms with Crippen molar-refractivity contribution in [2.75, 3.05) is 23.3 Å². The summed E-state index contributed by atoms with van der Waals surface area (Å²) in [4.78, 5) is 14.9. The number of nitrogens with zero attached hydrogens (tertiary/aromatic N) is 4. The fraction of sp³-hybridized carbons (Fsp3) is 0.217. The Morgan fingerprint density at radius 3 is 2.68 bits per heavy atom. The molecule has 3 aromatic rings. The number of hydrogen-bond acceptors (Lipinski definition) is 5. The van der Waals surface area contributed by atoms with Crippen molar-refractivity contribution in [2.45, 2.75) is 12.8 Å². The van der Waals surface area contributed by atoms with Crippen LogP contribution in [-0.4, -0.2) is 29.2 Å². The van der Waals surface area contributed by atoms with Crippen LogP contribution in [0.3, 0.4) is 0 Å². The zero-order valence-corrected chi connectivity index (χ0v) is 17.3. The molecule has 1 aromatic heterocycles. The van der Waals surface area contributed by atoms with Crippen LogP contribution >= 0.6 is 11.6 Å². The van der Waals surface area contributed by atoms with Crippen LogP contribution in [0, 0.1) is 23.1 Å². The highest BCUT2D eigenvalue weighted by Crippen LogP contribution is 2.26. The third-order valence-corrected chi connectivity index (χ3v) is 5.50. The highest BCUT2D eigenvalue weighted by atomic mass is 35.5. The predicted molar refractivity (Wildman–Crippen MR) is 117 cm³/mol. The quantitative estimate of drug-likeness (QED) is 0.644. The molecule has 6 nitrogen and oxygen atoms in total. The van der Waals surface area contributed by atoms with Crippen molar-refractivity contribution in [1.82, 2.24) is 10.2 Å². The summed E-state index contributed by atoms with van der Waals surface area (Å²) in [5, 5.41) is 21.1. The normalized spacial score (nSPS) is 15.9. The summed E-state index contributed by atoms with van der Waals surface area (Å²) in [5.74, 6) is -0.0216. The smallest absolute Gasteiger partial charge is 0.229 e. The summed E-state index contributed by atoms with van der Waals surface area (Å²) < 4.78 is 13.1. The molecule has 1 aliphatic heterocycles. The minimum Gasteiger partial charge on any atom is -0.354 e. The van der Waals surface area contributed by atoms with Gasteiger partial charge in [-0.1, -0.05) is 11.6 Å². The summed E-state index contributed by atoms with van der Waals surface area (Å²) >= 11 is 6.01. The Hall–Kier alpha value is -3.50. The van der Waals surface area contributed by atoms with Gasteiger partial charge in [-0.2, -0.15) is 5.26 Å². The molecule has 1 amide bonds. The maximum Gasteiger partial charge on any atom is 0.229 e. The van der Waals surface area contributed by atoms with E-state index in [0.29, 0.717) is 34.3 Å². The molecule has 1 N–H and O–H groups in total. The standard InChI is InChI=1S/C23H19ClFN5O/c24-18-6-3-16(13-26)21(12-18)27-23(31)17-2-1-11-30(14-17)22-10-9-20(28-29-22)15-4-7-19(25)8-5-15/h3-10,12,17H,1-2,11,14H2,(H,27,31). The average molecular weight is 436 g/mol. The van der Waals surface area contributed by atoms with Gasteiger partial charge in [0.1, 0.15) is 11.9 Å². The van der Waals surface area contributed by atoms with Crippen LogP contribution in [0.4, 0.5) is 15.9 Å². The van der Waals surface area contributed by atoms with Gasteiger partial charge < -0.3 is 10.2 Å². The molecule has 0 aliphatic carbocycles. The fourth-order valence-electron chi connectivity index (χ4n) is 3.62. The molecule has 1 unspecified atom stereocenters. The van der Waals surface area contributed by atoms with Gasteiger partial charge in [-0.05, 0) is 67.4 Å². The van der Waals surface area contributed by atoms with E-state index in [2.05, 4.69) is 21.6 Å². The Balaban J connectivity index is 1.45. The molecule has 8 heteroatoms. The van der Waals surface area contributed by atoms with Crippen LogP contribution in [-0.2, 0) is 4.79 Å². The largest absolute Gasteiger partial charge is 0.354 e. The summed E-state index contributed by atoms with van der Waals surface area (Å²) in [6.45, 7) is 1.27. The van der Waals surface area contributed by atoms with Gasteiger partial charge in [-0.15, -0.1) is 10.2 Å². The first-order chi connectivity index (χ1) is 15.0. The number of amides is 1. The van der Waals surface area contributed by atoms with Crippen LogP contribution in [0.5, 0.6) is 0 Å². The fourth-order valence-corrected chi connectivity index (χ4v) is 3.79. The Kier molecular flexibility index (Phi) is 6.10. The van der Waals surface area contributed by atoms with E-state index < -0.39 is 0 Å². The lowest BCUT2D eigenvalue weighted by Crippen LogP contribution is -2.41. The number of carbonyl (C=O) groups excluding carboxylic acids is 1. The molecule has 1 aliphatic rings. The average Bonchev–Trinajstić information content (AvgIpc) is 2.80.